The molecule has 1 N–H and O–H groups in total. The molecule has 0 saturated heterocycles. The maximum Gasteiger partial charge on any atom is 0.0303 e. The molecule has 0 heterocycles. The topological polar surface area (TPSA) is 12.0 Å². The van der Waals surface area contributed by atoms with Crippen molar-refractivity contribution in [1.29, 1.82) is 0 Å². The summed E-state index contributed by atoms with van der Waals surface area (Å²) in [7, 11) is 0. The van der Waals surface area contributed by atoms with Crippen LogP contribution in [0.2, 0.25) is 0 Å². The number of hydrogen-bond acceptors (Lipinski definition) is 1. The third kappa shape index (κ3) is 3.80. The molecule has 0 aliphatic heterocycles. The minimum absolute atomic E-state index is 0.402. The van der Waals surface area contributed by atoms with Crippen molar-refractivity contribution in [2.75, 3.05) is 6.54 Å². The number of benzene rings is 1. The lowest BCUT2D eigenvalue weighted by Gasteiger charge is -2.19. The first-order valence-corrected chi connectivity index (χ1v) is 7.85. The Kier molecular flexibility index (Phi) is 4.67. The minimum Gasteiger partial charge on any atom is -0.310 e. The van der Waals surface area contributed by atoms with Crippen molar-refractivity contribution in [1.82, 2.24) is 5.32 Å². The molecule has 1 saturated carbocycles. The summed E-state index contributed by atoms with van der Waals surface area (Å²) in [6.07, 6.45) is 2.86. The summed E-state index contributed by atoms with van der Waals surface area (Å²) in [5.41, 5.74) is 1.33. The predicted octanol–water partition coefficient (Wildman–Crippen LogP) is 4.91. The van der Waals surface area contributed by atoms with Gasteiger partial charge in [-0.05, 0) is 55.8 Å². The van der Waals surface area contributed by atoms with Gasteiger partial charge in [0.05, 0.1) is 0 Å². The van der Waals surface area contributed by atoms with E-state index in [1.165, 1.54) is 22.9 Å². The van der Waals surface area contributed by atoms with Gasteiger partial charge in [-0.2, -0.15) is 0 Å². The van der Waals surface area contributed by atoms with Crippen LogP contribution in [-0.4, -0.2) is 6.54 Å². The first kappa shape index (κ1) is 13.6. The average Bonchev–Trinajstić information content (AvgIpc) is 3.09. The van der Waals surface area contributed by atoms with Gasteiger partial charge in [-0.25, -0.2) is 0 Å². The molecule has 1 fully saturated rings. The SMILES string of the molecule is CC(NCC(C)C1CC1)c1ccc(Br)cc1Br. The summed E-state index contributed by atoms with van der Waals surface area (Å²) in [5.74, 6) is 1.79. The molecule has 1 aromatic rings. The fourth-order valence-corrected chi connectivity index (χ4v) is 3.55. The fraction of sp³-hybridized carbons (Fsp3) is 0.571. The van der Waals surface area contributed by atoms with Crippen LogP contribution in [0, 0.1) is 11.8 Å². The molecule has 17 heavy (non-hydrogen) atoms. The zero-order valence-corrected chi connectivity index (χ0v) is 13.5. The quantitative estimate of drug-likeness (QED) is 0.786. The van der Waals surface area contributed by atoms with Crippen LogP contribution in [0.4, 0.5) is 0 Å². The van der Waals surface area contributed by atoms with Crippen LogP contribution in [0.1, 0.15) is 38.3 Å². The molecular weight excluding hydrogens is 342 g/mol. The molecule has 1 nitrogen and oxygen atoms in total. The van der Waals surface area contributed by atoms with Crippen LogP contribution in [0.5, 0.6) is 0 Å². The summed E-state index contributed by atoms with van der Waals surface area (Å²) in [6.45, 7) is 5.70. The minimum atomic E-state index is 0.402. The van der Waals surface area contributed by atoms with Gasteiger partial charge in [-0.15, -0.1) is 0 Å². The Morgan fingerprint density at radius 2 is 2.00 bits per heavy atom. The van der Waals surface area contributed by atoms with Gasteiger partial charge in [-0.1, -0.05) is 44.8 Å². The first-order valence-electron chi connectivity index (χ1n) is 6.26. The van der Waals surface area contributed by atoms with Crippen LogP contribution < -0.4 is 5.32 Å². The van der Waals surface area contributed by atoms with E-state index in [4.69, 9.17) is 0 Å². The van der Waals surface area contributed by atoms with E-state index in [-0.39, 0.29) is 0 Å². The molecule has 94 valence electrons. The zero-order chi connectivity index (χ0) is 12.4. The molecule has 1 aliphatic rings. The molecular formula is C14H19Br2N. The molecule has 0 amide bonds. The molecule has 1 aromatic carbocycles. The molecule has 1 aliphatic carbocycles. The zero-order valence-electron chi connectivity index (χ0n) is 10.3. The third-order valence-electron chi connectivity index (χ3n) is 3.60. The highest BCUT2D eigenvalue weighted by molar-refractivity contribution is 9.11. The number of halogens is 2. The van der Waals surface area contributed by atoms with E-state index < -0.39 is 0 Å². The Hall–Kier alpha value is 0.140. The molecule has 0 bridgehead atoms. The summed E-state index contributed by atoms with van der Waals surface area (Å²) < 4.78 is 2.29. The standard InChI is InChI=1S/C14H19Br2N/c1-9(11-3-4-11)8-17-10(2)13-6-5-12(15)7-14(13)16/h5-7,9-11,17H,3-4,8H2,1-2H3. The van der Waals surface area contributed by atoms with Crippen molar-refractivity contribution in [2.45, 2.75) is 32.7 Å². The van der Waals surface area contributed by atoms with E-state index >= 15 is 0 Å². The highest BCUT2D eigenvalue weighted by Gasteiger charge is 2.27. The Morgan fingerprint density at radius 1 is 1.29 bits per heavy atom. The molecule has 0 spiro atoms. The van der Waals surface area contributed by atoms with Crippen LogP contribution >= 0.6 is 31.9 Å². The van der Waals surface area contributed by atoms with Crippen molar-refractivity contribution in [3.63, 3.8) is 0 Å². The highest BCUT2D eigenvalue weighted by Crippen LogP contribution is 2.36. The van der Waals surface area contributed by atoms with Crippen LogP contribution in [0.3, 0.4) is 0 Å². The summed E-state index contributed by atoms with van der Waals surface area (Å²) in [5, 5.41) is 3.63. The van der Waals surface area contributed by atoms with Crippen LogP contribution in [0.15, 0.2) is 27.1 Å². The van der Waals surface area contributed by atoms with Crippen molar-refractivity contribution in [2.24, 2.45) is 11.8 Å². The second-order valence-electron chi connectivity index (χ2n) is 5.11. The van der Waals surface area contributed by atoms with Gasteiger partial charge in [0.15, 0.2) is 0 Å². The maximum absolute atomic E-state index is 3.63. The molecule has 2 atom stereocenters. The molecule has 2 rings (SSSR count). The van der Waals surface area contributed by atoms with E-state index in [1.54, 1.807) is 0 Å². The number of rotatable bonds is 5. The Bertz CT molecular complexity index is 388. The van der Waals surface area contributed by atoms with Crippen LogP contribution in [-0.2, 0) is 0 Å². The smallest absolute Gasteiger partial charge is 0.0303 e. The second-order valence-corrected chi connectivity index (χ2v) is 6.88. The van der Waals surface area contributed by atoms with Crippen molar-refractivity contribution >= 4 is 31.9 Å². The van der Waals surface area contributed by atoms with Crippen molar-refractivity contribution < 1.29 is 0 Å². The van der Waals surface area contributed by atoms with E-state index in [0.29, 0.717) is 6.04 Å². The third-order valence-corrected chi connectivity index (χ3v) is 4.78. The monoisotopic (exact) mass is 359 g/mol. The molecule has 0 radical (unpaired) electrons. The van der Waals surface area contributed by atoms with Crippen molar-refractivity contribution in [3.05, 3.63) is 32.7 Å². The summed E-state index contributed by atoms with van der Waals surface area (Å²) in [6, 6.07) is 6.78. The van der Waals surface area contributed by atoms with E-state index in [2.05, 4.69) is 69.2 Å². The lowest BCUT2D eigenvalue weighted by molar-refractivity contribution is 0.431. The predicted molar refractivity (Wildman–Crippen MR) is 80.1 cm³/mol. The van der Waals surface area contributed by atoms with Gasteiger partial charge in [0.25, 0.3) is 0 Å². The van der Waals surface area contributed by atoms with Gasteiger partial charge in [-0.3, -0.25) is 0 Å². The normalized spacial score (nSPS) is 19.1. The van der Waals surface area contributed by atoms with E-state index in [9.17, 15) is 0 Å². The second kappa shape index (κ2) is 5.85. The molecule has 0 aromatic heterocycles. The molecule has 3 heteroatoms. The number of hydrogen-bond donors (Lipinski definition) is 1. The van der Waals surface area contributed by atoms with Crippen molar-refractivity contribution in [3.8, 4) is 0 Å². The maximum atomic E-state index is 3.63. The fourth-order valence-electron chi connectivity index (χ4n) is 2.16. The van der Waals surface area contributed by atoms with Gasteiger partial charge in [0.2, 0.25) is 0 Å². The Morgan fingerprint density at radius 3 is 2.59 bits per heavy atom. The highest BCUT2D eigenvalue weighted by atomic mass is 79.9. The van der Waals surface area contributed by atoms with E-state index in [1.807, 2.05) is 0 Å². The van der Waals surface area contributed by atoms with Gasteiger partial charge in [0.1, 0.15) is 0 Å². The van der Waals surface area contributed by atoms with E-state index in [0.717, 1.165) is 22.9 Å². The summed E-state index contributed by atoms with van der Waals surface area (Å²) in [4.78, 5) is 0. The Balaban J connectivity index is 1.91. The van der Waals surface area contributed by atoms with Crippen LogP contribution in [0.25, 0.3) is 0 Å². The van der Waals surface area contributed by atoms with Gasteiger partial charge >= 0.3 is 0 Å². The lowest BCUT2D eigenvalue weighted by Crippen LogP contribution is -2.25. The average molecular weight is 361 g/mol. The molecule has 2 unspecified atom stereocenters. The Labute approximate surface area is 121 Å². The van der Waals surface area contributed by atoms with Gasteiger partial charge < -0.3 is 5.32 Å². The van der Waals surface area contributed by atoms with Gasteiger partial charge in [0, 0.05) is 15.0 Å². The first-order chi connectivity index (χ1) is 8.08. The lowest BCUT2D eigenvalue weighted by atomic mass is 10.0. The number of nitrogens with one attached hydrogen (secondary N) is 1. The summed E-state index contributed by atoms with van der Waals surface area (Å²) >= 11 is 7.11. The largest absolute Gasteiger partial charge is 0.310 e.